The normalized spacial score (nSPS) is 21.9. The van der Waals surface area contributed by atoms with E-state index < -0.39 is 34.5 Å². The first-order valence-electron chi connectivity index (χ1n) is 6.43. The topological polar surface area (TPSA) is 32.3 Å². The van der Waals surface area contributed by atoms with Gasteiger partial charge >= 0.3 is 0 Å². The fourth-order valence-electron chi connectivity index (χ4n) is 2.30. The van der Waals surface area contributed by atoms with Crippen molar-refractivity contribution in [3.8, 4) is 0 Å². The van der Waals surface area contributed by atoms with Crippen LogP contribution in [0.2, 0.25) is 0 Å². The van der Waals surface area contributed by atoms with E-state index in [1.54, 1.807) is 0 Å². The smallest absolute Gasteiger partial charge is 0.257 e. The molecule has 1 heterocycles. The van der Waals surface area contributed by atoms with E-state index in [-0.39, 0.29) is 6.04 Å². The lowest BCUT2D eigenvalue weighted by Crippen LogP contribution is -2.63. The number of carbonyl (C=O) groups is 1. The van der Waals surface area contributed by atoms with E-state index in [9.17, 15) is 18.0 Å². The van der Waals surface area contributed by atoms with Gasteiger partial charge in [-0.25, -0.2) is 13.2 Å². The average Bonchev–Trinajstić information content (AvgIpc) is 2.38. The van der Waals surface area contributed by atoms with Gasteiger partial charge in [0.15, 0.2) is 17.5 Å². The van der Waals surface area contributed by atoms with Crippen molar-refractivity contribution >= 4 is 5.91 Å². The minimum Gasteiger partial charge on any atom is -0.331 e. The molecule has 1 aliphatic rings. The fraction of sp³-hybridized carbons (Fsp3) is 0.500. The van der Waals surface area contributed by atoms with Gasteiger partial charge in [0, 0.05) is 19.1 Å². The number of nitrogens with one attached hydrogen (secondary N) is 1. The molecule has 3 nitrogen and oxygen atoms in total. The summed E-state index contributed by atoms with van der Waals surface area (Å²) in [6.45, 7) is 6.50. The summed E-state index contributed by atoms with van der Waals surface area (Å²) in [4.78, 5) is 13.9. The molecule has 1 fully saturated rings. The molecule has 0 bridgehead atoms. The Bertz CT molecular complexity index is 545. The Kier molecular flexibility index (Phi) is 3.77. The first-order chi connectivity index (χ1) is 9.24. The first-order valence-corrected chi connectivity index (χ1v) is 6.43. The number of benzene rings is 1. The van der Waals surface area contributed by atoms with Crippen LogP contribution in [0.3, 0.4) is 0 Å². The van der Waals surface area contributed by atoms with Crippen LogP contribution in [-0.2, 0) is 0 Å². The zero-order chi connectivity index (χ0) is 15.1. The molecule has 2 rings (SSSR count). The Morgan fingerprint density at radius 1 is 1.30 bits per heavy atom. The van der Waals surface area contributed by atoms with Gasteiger partial charge in [0.1, 0.15) is 0 Å². The minimum absolute atomic E-state index is 0.0559. The lowest BCUT2D eigenvalue weighted by Gasteiger charge is -2.45. The molecule has 1 N–H and O–H groups in total. The molecular weight excluding hydrogens is 269 g/mol. The van der Waals surface area contributed by atoms with Crippen LogP contribution in [-0.4, -0.2) is 35.5 Å². The third-order valence-corrected chi connectivity index (χ3v) is 3.58. The summed E-state index contributed by atoms with van der Waals surface area (Å²) in [5.41, 5.74) is -0.966. The van der Waals surface area contributed by atoms with Crippen LogP contribution in [0.1, 0.15) is 31.1 Å². The largest absolute Gasteiger partial charge is 0.331 e. The Morgan fingerprint density at radius 2 is 1.95 bits per heavy atom. The van der Waals surface area contributed by atoms with Crippen molar-refractivity contribution in [1.82, 2.24) is 10.2 Å². The third-order valence-electron chi connectivity index (χ3n) is 3.58. The molecule has 0 saturated carbocycles. The maximum atomic E-state index is 13.7. The summed E-state index contributed by atoms with van der Waals surface area (Å²) < 4.78 is 39.9. The summed E-state index contributed by atoms with van der Waals surface area (Å²) in [5.74, 6) is -4.97. The molecule has 0 aliphatic carbocycles. The molecule has 1 saturated heterocycles. The van der Waals surface area contributed by atoms with E-state index in [0.717, 1.165) is 12.1 Å². The van der Waals surface area contributed by atoms with Gasteiger partial charge in [0.25, 0.3) is 5.91 Å². The fourth-order valence-corrected chi connectivity index (χ4v) is 2.30. The molecule has 110 valence electrons. The van der Waals surface area contributed by atoms with Gasteiger partial charge in [0.05, 0.1) is 11.1 Å². The number of piperazine rings is 1. The Balaban J connectivity index is 2.38. The van der Waals surface area contributed by atoms with Crippen molar-refractivity contribution in [3.05, 3.63) is 35.1 Å². The van der Waals surface area contributed by atoms with Crippen LogP contribution in [0.15, 0.2) is 12.1 Å². The zero-order valence-corrected chi connectivity index (χ0v) is 11.6. The monoisotopic (exact) mass is 286 g/mol. The number of halogens is 3. The van der Waals surface area contributed by atoms with Gasteiger partial charge in [-0.1, -0.05) is 0 Å². The van der Waals surface area contributed by atoms with Gasteiger partial charge in [-0.2, -0.15) is 0 Å². The summed E-state index contributed by atoms with van der Waals surface area (Å²) in [7, 11) is 0. The van der Waals surface area contributed by atoms with E-state index in [1.807, 2.05) is 20.8 Å². The summed E-state index contributed by atoms with van der Waals surface area (Å²) in [6.07, 6.45) is 0. The summed E-state index contributed by atoms with van der Waals surface area (Å²) in [5, 5.41) is 3.22. The standard InChI is InChI=1S/C14H17F3N2O/c1-8-6-19(14(2,3)7-18-8)13(20)9-4-5-10(15)12(17)11(9)16/h4-5,8,18H,6-7H2,1-3H3. The molecular formula is C14H17F3N2O. The van der Waals surface area contributed by atoms with Gasteiger partial charge < -0.3 is 10.2 Å². The molecule has 0 spiro atoms. The van der Waals surface area contributed by atoms with Gasteiger partial charge in [0.2, 0.25) is 0 Å². The number of hydrogen-bond donors (Lipinski definition) is 1. The van der Waals surface area contributed by atoms with Crippen molar-refractivity contribution < 1.29 is 18.0 Å². The number of rotatable bonds is 1. The lowest BCUT2D eigenvalue weighted by molar-refractivity contribution is 0.0405. The lowest BCUT2D eigenvalue weighted by atomic mass is 9.96. The molecule has 0 radical (unpaired) electrons. The molecule has 6 heteroatoms. The minimum atomic E-state index is -1.61. The second kappa shape index (κ2) is 5.09. The van der Waals surface area contributed by atoms with Crippen LogP contribution in [0.25, 0.3) is 0 Å². The predicted molar refractivity (Wildman–Crippen MR) is 68.9 cm³/mol. The second-order valence-electron chi connectivity index (χ2n) is 5.73. The summed E-state index contributed by atoms with van der Waals surface area (Å²) in [6, 6.07) is 1.81. The molecule has 1 atom stereocenters. The number of carbonyl (C=O) groups excluding carboxylic acids is 1. The Morgan fingerprint density at radius 3 is 2.60 bits per heavy atom. The molecule has 1 aromatic carbocycles. The highest BCUT2D eigenvalue weighted by Gasteiger charge is 2.37. The highest BCUT2D eigenvalue weighted by atomic mass is 19.2. The molecule has 1 unspecified atom stereocenters. The third kappa shape index (κ3) is 2.52. The maximum absolute atomic E-state index is 13.7. The zero-order valence-electron chi connectivity index (χ0n) is 11.6. The SMILES string of the molecule is CC1CN(C(=O)c2ccc(F)c(F)c2F)C(C)(C)CN1. The number of nitrogens with zero attached hydrogens (tertiary/aromatic N) is 1. The summed E-state index contributed by atoms with van der Waals surface area (Å²) >= 11 is 0. The van der Waals surface area contributed by atoms with E-state index in [0.29, 0.717) is 13.1 Å². The van der Waals surface area contributed by atoms with Crippen LogP contribution < -0.4 is 5.32 Å². The van der Waals surface area contributed by atoms with E-state index >= 15 is 0 Å². The van der Waals surface area contributed by atoms with Crippen molar-refractivity contribution in [3.63, 3.8) is 0 Å². The number of hydrogen-bond acceptors (Lipinski definition) is 2. The molecule has 1 aliphatic heterocycles. The second-order valence-corrected chi connectivity index (χ2v) is 5.73. The van der Waals surface area contributed by atoms with Gasteiger partial charge in [-0.05, 0) is 32.9 Å². The van der Waals surface area contributed by atoms with E-state index in [2.05, 4.69) is 5.32 Å². The Hall–Kier alpha value is -1.56. The number of amides is 1. The van der Waals surface area contributed by atoms with Crippen LogP contribution in [0.4, 0.5) is 13.2 Å². The van der Waals surface area contributed by atoms with Crippen molar-refractivity contribution in [2.45, 2.75) is 32.4 Å². The van der Waals surface area contributed by atoms with Crippen LogP contribution in [0.5, 0.6) is 0 Å². The molecule has 0 aromatic heterocycles. The highest BCUT2D eigenvalue weighted by Crippen LogP contribution is 2.24. The molecule has 1 aromatic rings. The van der Waals surface area contributed by atoms with Crippen molar-refractivity contribution in [2.75, 3.05) is 13.1 Å². The Labute approximate surface area is 115 Å². The van der Waals surface area contributed by atoms with Crippen molar-refractivity contribution in [2.24, 2.45) is 0 Å². The van der Waals surface area contributed by atoms with Crippen LogP contribution >= 0.6 is 0 Å². The highest BCUT2D eigenvalue weighted by molar-refractivity contribution is 5.95. The predicted octanol–water partition coefficient (Wildman–Crippen LogP) is 2.32. The van der Waals surface area contributed by atoms with Gasteiger partial charge in [-0.15, -0.1) is 0 Å². The maximum Gasteiger partial charge on any atom is 0.257 e. The molecule has 20 heavy (non-hydrogen) atoms. The van der Waals surface area contributed by atoms with E-state index in [4.69, 9.17) is 0 Å². The van der Waals surface area contributed by atoms with E-state index in [1.165, 1.54) is 4.90 Å². The van der Waals surface area contributed by atoms with Gasteiger partial charge in [-0.3, -0.25) is 4.79 Å². The molecule has 1 amide bonds. The first kappa shape index (κ1) is 14.8. The van der Waals surface area contributed by atoms with Crippen LogP contribution in [0, 0.1) is 17.5 Å². The quantitative estimate of drug-likeness (QED) is 0.804. The average molecular weight is 286 g/mol. The van der Waals surface area contributed by atoms with Crippen molar-refractivity contribution in [1.29, 1.82) is 0 Å².